The lowest BCUT2D eigenvalue weighted by atomic mass is 10.2. The molecule has 0 atom stereocenters. The molecule has 0 aliphatic carbocycles. The minimum Gasteiger partial charge on any atom is -0.491 e. The minimum atomic E-state index is -0.557. The van der Waals surface area contributed by atoms with Crippen LogP contribution in [0.2, 0.25) is 5.02 Å². The summed E-state index contributed by atoms with van der Waals surface area (Å²) in [5.74, 6) is 1.57. The molecule has 0 fully saturated rings. The van der Waals surface area contributed by atoms with Crippen LogP contribution in [0, 0.1) is 0 Å². The third kappa shape index (κ3) is 4.97. The normalized spacial score (nSPS) is 12.9. The van der Waals surface area contributed by atoms with Crippen LogP contribution in [-0.2, 0) is 0 Å². The fraction of sp³-hybridized carbons (Fsp3) is 0.286. The number of benzene rings is 1. The maximum Gasteiger partial charge on any atom is 0.413 e. The molecule has 0 saturated carbocycles. The molecule has 3 N–H and O–H groups in total. The Morgan fingerprint density at radius 3 is 3.03 bits per heavy atom. The summed E-state index contributed by atoms with van der Waals surface area (Å²) >= 11 is 7.57. The maximum atomic E-state index is 11.5. The van der Waals surface area contributed by atoms with E-state index in [1.165, 1.54) is 24.6 Å². The number of nitrogens with one attached hydrogen (secondary N) is 3. The molecule has 3 aromatic rings. The van der Waals surface area contributed by atoms with Gasteiger partial charge in [-0.25, -0.2) is 9.78 Å². The molecule has 0 unspecified atom stereocenters. The predicted molar refractivity (Wildman–Crippen MR) is 127 cm³/mol. The quantitative estimate of drug-likeness (QED) is 0.458. The van der Waals surface area contributed by atoms with Crippen LogP contribution in [0.25, 0.3) is 0 Å². The van der Waals surface area contributed by atoms with Crippen LogP contribution >= 0.6 is 22.9 Å². The second-order valence-electron chi connectivity index (χ2n) is 6.87. The standard InChI is InChI=1S/C21H23ClN6O3S/c1-3-28-8-4-9-30-17-11-13(5-6-16(17)28)25-20-24-12-14(22)18(27-20)26-15-7-10-32-19(15)31-21(29)23-2/h5-7,10-12H,3-4,8-9H2,1-2H3,(H,23,29)(H2,24,25,26,27). The summed E-state index contributed by atoms with van der Waals surface area (Å²) in [4.78, 5) is 22.6. The van der Waals surface area contributed by atoms with Crippen molar-refractivity contribution < 1.29 is 14.3 Å². The lowest BCUT2D eigenvalue weighted by Crippen LogP contribution is -2.22. The SMILES string of the molecule is CCN1CCCOc2cc(Nc3ncc(Cl)c(Nc4ccsc4OC(=O)NC)n3)ccc21. The number of thiophene rings is 1. The monoisotopic (exact) mass is 474 g/mol. The Labute approximate surface area is 194 Å². The molecule has 1 aliphatic rings. The van der Waals surface area contributed by atoms with E-state index in [0.717, 1.165) is 36.6 Å². The Morgan fingerprint density at radius 2 is 2.22 bits per heavy atom. The van der Waals surface area contributed by atoms with Crippen LogP contribution < -0.4 is 30.3 Å². The van der Waals surface area contributed by atoms with E-state index < -0.39 is 6.09 Å². The first-order chi connectivity index (χ1) is 15.6. The first-order valence-electron chi connectivity index (χ1n) is 10.1. The average molecular weight is 475 g/mol. The van der Waals surface area contributed by atoms with Crippen LogP contribution in [0.5, 0.6) is 10.8 Å². The molecule has 168 valence electrons. The van der Waals surface area contributed by atoms with Gasteiger partial charge in [0.1, 0.15) is 10.8 Å². The van der Waals surface area contributed by atoms with Gasteiger partial charge in [0, 0.05) is 31.9 Å². The molecule has 9 nitrogen and oxygen atoms in total. The molecule has 32 heavy (non-hydrogen) atoms. The first kappa shape index (κ1) is 22.0. The van der Waals surface area contributed by atoms with Crippen molar-refractivity contribution in [2.24, 2.45) is 0 Å². The topological polar surface area (TPSA) is 101 Å². The number of nitrogens with zero attached hydrogens (tertiary/aromatic N) is 3. The second-order valence-corrected chi connectivity index (χ2v) is 8.15. The van der Waals surface area contributed by atoms with Gasteiger partial charge in [-0.1, -0.05) is 11.6 Å². The molecule has 1 aliphatic heterocycles. The van der Waals surface area contributed by atoms with Gasteiger partial charge in [-0.15, -0.1) is 11.3 Å². The Hall–Kier alpha value is -3.24. The summed E-state index contributed by atoms with van der Waals surface area (Å²) in [5, 5.41) is 11.2. The van der Waals surface area contributed by atoms with Gasteiger partial charge < -0.3 is 30.3 Å². The minimum absolute atomic E-state index is 0.330. The first-order valence-corrected chi connectivity index (χ1v) is 11.4. The Balaban J connectivity index is 1.53. The number of halogens is 1. The molecule has 0 spiro atoms. The molecule has 11 heteroatoms. The van der Waals surface area contributed by atoms with Crippen molar-refractivity contribution in [2.75, 3.05) is 42.3 Å². The number of amides is 1. The van der Waals surface area contributed by atoms with Crippen LogP contribution in [0.1, 0.15) is 13.3 Å². The predicted octanol–water partition coefficient (Wildman–Crippen LogP) is 5.01. The number of hydrogen-bond acceptors (Lipinski definition) is 9. The number of hydrogen-bond donors (Lipinski definition) is 3. The van der Waals surface area contributed by atoms with E-state index in [-0.39, 0.29) is 0 Å². The zero-order valence-corrected chi connectivity index (χ0v) is 19.2. The van der Waals surface area contributed by atoms with Crippen LogP contribution in [0.4, 0.5) is 33.6 Å². The highest BCUT2D eigenvalue weighted by Crippen LogP contribution is 2.36. The number of ether oxygens (including phenoxy) is 2. The molecule has 3 heterocycles. The molecule has 1 amide bonds. The number of anilines is 5. The Morgan fingerprint density at radius 1 is 1.34 bits per heavy atom. The largest absolute Gasteiger partial charge is 0.491 e. The molecule has 2 aromatic heterocycles. The van der Waals surface area contributed by atoms with Crippen molar-refractivity contribution in [3.05, 3.63) is 40.9 Å². The van der Waals surface area contributed by atoms with Crippen LogP contribution in [0.15, 0.2) is 35.8 Å². The summed E-state index contributed by atoms with van der Waals surface area (Å²) in [6, 6.07) is 7.73. The molecular formula is C21H23ClN6O3S. The van der Waals surface area contributed by atoms with E-state index in [0.29, 0.717) is 34.1 Å². The fourth-order valence-corrected chi connectivity index (χ4v) is 4.07. The molecular weight excluding hydrogens is 452 g/mol. The molecule has 0 saturated heterocycles. The fourth-order valence-electron chi connectivity index (χ4n) is 3.23. The van der Waals surface area contributed by atoms with Gasteiger partial charge in [-0.2, -0.15) is 4.98 Å². The summed E-state index contributed by atoms with van der Waals surface area (Å²) < 4.78 is 11.2. The number of carbonyl (C=O) groups excluding carboxylic acids is 1. The van der Waals surface area contributed by atoms with Gasteiger partial charge in [-0.3, -0.25) is 0 Å². The zero-order valence-electron chi connectivity index (χ0n) is 17.6. The number of carbonyl (C=O) groups is 1. The number of fused-ring (bicyclic) bond motifs is 1. The molecule has 4 rings (SSSR count). The molecule has 1 aromatic carbocycles. The molecule has 0 bridgehead atoms. The van der Waals surface area contributed by atoms with Gasteiger partial charge in [-0.05, 0) is 36.9 Å². The highest BCUT2D eigenvalue weighted by Gasteiger charge is 2.17. The van der Waals surface area contributed by atoms with Crippen molar-refractivity contribution in [3.63, 3.8) is 0 Å². The van der Waals surface area contributed by atoms with Crippen LogP contribution in [-0.4, -0.2) is 42.8 Å². The van der Waals surface area contributed by atoms with E-state index in [2.05, 4.69) is 37.7 Å². The van der Waals surface area contributed by atoms with Crippen molar-refractivity contribution in [1.82, 2.24) is 15.3 Å². The maximum absolute atomic E-state index is 11.5. The van der Waals surface area contributed by atoms with Crippen molar-refractivity contribution in [1.29, 1.82) is 0 Å². The van der Waals surface area contributed by atoms with Gasteiger partial charge in [0.15, 0.2) is 5.82 Å². The van der Waals surface area contributed by atoms with Gasteiger partial charge in [0.25, 0.3) is 0 Å². The number of rotatable bonds is 6. The van der Waals surface area contributed by atoms with Crippen molar-refractivity contribution >= 4 is 57.9 Å². The third-order valence-electron chi connectivity index (χ3n) is 4.78. The smallest absolute Gasteiger partial charge is 0.413 e. The third-order valence-corrected chi connectivity index (χ3v) is 5.85. The van der Waals surface area contributed by atoms with Gasteiger partial charge in [0.2, 0.25) is 11.0 Å². The summed E-state index contributed by atoms with van der Waals surface area (Å²) in [5.41, 5.74) is 2.45. The molecule has 0 radical (unpaired) electrons. The lowest BCUT2D eigenvalue weighted by Gasteiger charge is -2.22. The van der Waals surface area contributed by atoms with E-state index in [9.17, 15) is 4.79 Å². The summed E-state index contributed by atoms with van der Waals surface area (Å²) in [7, 11) is 1.50. The lowest BCUT2D eigenvalue weighted by molar-refractivity contribution is 0.204. The van der Waals surface area contributed by atoms with E-state index in [1.807, 2.05) is 18.2 Å². The van der Waals surface area contributed by atoms with Crippen molar-refractivity contribution in [2.45, 2.75) is 13.3 Å². The van der Waals surface area contributed by atoms with E-state index >= 15 is 0 Å². The van der Waals surface area contributed by atoms with Gasteiger partial charge in [0.05, 0.1) is 24.2 Å². The Bertz CT molecular complexity index is 1110. The number of aromatic nitrogens is 2. The van der Waals surface area contributed by atoms with E-state index in [4.69, 9.17) is 21.1 Å². The average Bonchev–Trinajstić information content (AvgIpc) is 3.11. The second kappa shape index (κ2) is 9.92. The zero-order chi connectivity index (χ0) is 22.5. The summed E-state index contributed by atoms with van der Waals surface area (Å²) in [6.07, 6.45) is 1.93. The Kier molecular flexibility index (Phi) is 6.81. The van der Waals surface area contributed by atoms with Crippen molar-refractivity contribution in [3.8, 4) is 10.8 Å². The highest BCUT2D eigenvalue weighted by atomic mass is 35.5. The highest BCUT2D eigenvalue weighted by molar-refractivity contribution is 7.12. The van der Waals surface area contributed by atoms with Gasteiger partial charge >= 0.3 is 6.09 Å². The summed E-state index contributed by atoms with van der Waals surface area (Å²) in [6.45, 7) is 4.71. The van der Waals surface area contributed by atoms with Crippen LogP contribution in [0.3, 0.4) is 0 Å². The van der Waals surface area contributed by atoms with E-state index in [1.54, 1.807) is 11.4 Å².